The van der Waals surface area contributed by atoms with Crippen molar-refractivity contribution in [3.8, 4) is 5.75 Å². The monoisotopic (exact) mass is 404 g/mol. The predicted octanol–water partition coefficient (Wildman–Crippen LogP) is 0.581. The maximum absolute atomic E-state index is 12.4. The number of carbonyl (C=O) groups excluding carboxylic acids is 3. The van der Waals surface area contributed by atoms with Gasteiger partial charge in [-0.15, -0.1) is 0 Å². The highest BCUT2D eigenvalue weighted by Gasteiger charge is 2.22. The second-order valence-electron chi connectivity index (χ2n) is 7.58. The van der Waals surface area contributed by atoms with E-state index in [2.05, 4.69) is 16.0 Å². The van der Waals surface area contributed by atoms with Crippen LogP contribution in [0.3, 0.4) is 0 Å². The van der Waals surface area contributed by atoms with E-state index in [9.17, 15) is 19.5 Å². The molecule has 1 aliphatic rings. The Bertz CT molecular complexity index is 672. The van der Waals surface area contributed by atoms with Gasteiger partial charge >= 0.3 is 0 Å². The molecule has 0 bridgehead atoms. The maximum Gasteiger partial charge on any atom is 0.243 e. The summed E-state index contributed by atoms with van der Waals surface area (Å²) in [5, 5.41) is 18.0. The number of benzene rings is 1. The lowest BCUT2D eigenvalue weighted by Crippen LogP contribution is -2.49. The van der Waals surface area contributed by atoms with Crippen LogP contribution in [0.4, 0.5) is 0 Å². The molecule has 1 fully saturated rings. The lowest BCUT2D eigenvalue weighted by atomic mass is 9.92. The molecule has 0 radical (unpaired) electrons. The number of nitrogens with one attached hydrogen (secondary N) is 3. The average molecular weight is 405 g/mol. The normalized spacial score (nSPS) is 15.4. The van der Waals surface area contributed by atoms with Gasteiger partial charge in [-0.1, -0.05) is 12.1 Å². The minimum Gasteiger partial charge on any atom is -0.508 e. The highest BCUT2D eigenvalue weighted by atomic mass is 16.3. The van der Waals surface area contributed by atoms with Gasteiger partial charge in [-0.3, -0.25) is 14.4 Å². The van der Waals surface area contributed by atoms with Crippen LogP contribution in [0.15, 0.2) is 24.3 Å². The number of nitrogens with two attached hydrogens (primary N) is 1. The number of amides is 3. The molecule has 6 N–H and O–H groups in total. The van der Waals surface area contributed by atoms with E-state index in [1.54, 1.807) is 24.3 Å². The number of hydrogen-bond donors (Lipinski definition) is 5. The molecular weight excluding hydrogens is 372 g/mol. The fraction of sp³-hybridized carbons (Fsp3) is 0.571. The smallest absolute Gasteiger partial charge is 0.243 e. The summed E-state index contributed by atoms with van der Waals surface area (Å²) in [6.07, 6.45) is 4.70. The van der Waals surface area contributed by atoms with Crippen LogP contribution in [0, 0.1) is 5.92 Å². The molecule has 1 aromatic rings. The van der Waals surface area contributed by atoms with Crippen molar-refractivity contribution in [1.29, 1.82) is 0 Å². The molecule has 0 aliphatic carbocycles. The number of carbonyl (C=O) groups is 3. The van der Waals surface area contributed by atoms with Crippen LogP contribution in [0.2, 0.25) is 0 Å². The first kappa shape index (κ1) is 22.7. The summed E-state index contributed by atoms with van der Waals surface area (Å²) in [4.78, 5) is 35.9. The molecule has 2 rings (SSSR count). The highest BCUT2D eigenvalue weighted by Crippen LogP contribution is 2.18. The van der Waals surface area contributed by atoms with Crippen LogP contribution < -0.4 is 21.7 Å². The first-order valence-corrected chi connectivity index (χ1v) is 10.3. The van der Waals surface area contributed by atoms with E-state index in [1.165, 1.54) is 0 Å². The summed E-state index contributed by atoms with van der Waals surface area (Å²) in [5.74, 6) is -0.470. The van der Waals surface area contributed by atoms with E-state index in [-0.39, 0.29) is 18.1 Å². The SMILES string of the molecule is NC(=O)C[C@@H](NC(=O)CCCC1CCNCC1)C(=O)NCCc1ccc(O)cc1. The quantitative estimate of drug-likeness (QED) is 0.368. The number of piperidine rings is 1. The lowest BCUT2D eigenvalue weighted by Gasteiger charge is -2.22. The molecule has 1 aromatic carbocycles. The summed E-state index contributed by atoms with van der Waals surface area (Å²) >= 11 is 0. The van der Waals surface area contributed by atoms with Gasteiger partial charge in [-0.2, -0.15) is 0 Å². The fourth-order valence-corrected chi connectivity index (χ4v) is 3.51. The third-order valence-corrected chi connectivity index (χ3v) is 5.18. The van der Waals surface area contributed by atoms with Crippen molar-refractivity contribution in [3.05, 3.63) is 29.8 Å². The van der Waals surface area contributed by atoms with Gasteiger partial charge in [0.15, 0.2) is 0 Å². The van der Waals surface area contributed by atoms with Crippen molar-refractivity contribution in [2.24, 2.45) is 11.7 Å². The summed E-state index contributed by atoms with van der Waals surface area (Å²) in [7, 11) is 0. The van der Waals surface area contributed by atoms with Crippen molar-refractivity contribution >= 4 is 17.7 Å². The summed E-state index contributed by atoms with van der Waals surface area (Å²) < 4.78 is 0. The van der Waals surface area contributed by atoms with E-state index in [1.807, 2.05) is 0 Å². The van der Waals surface area contributed by atoms with E-state index in [4.69, 9.17) is 5.73 Å². The molecule has 0 unspecified atom stereocenters. The maximum atomic E-state index is 12.4. The Labute approximate surface area is 171 Å². The van der Waals surface area contributed by atoms with Gasteiger partial charge in [0.1, 0.15) is 11.8 Å². The molecule has 8 nitrogen and oxygen atoms in total. The van der Waals surface area contributed by atoms with E-state index in [0.717, 1.165) is 44.3 Å². The number of phenolic OH excluding ortho intramolecular Hbond substituents is 1. The third-order valence-electron chi connectivity index (χ3n) is 5.18. The van der Waals surface area contributed by atoms with Gasteiger partial charge in [-0.05, 0) is 68.8 Å². The number of rotatable bonds is 11. The molecule has 8 heteroatoms. The summed E-state index contributed by atoms with van der Waals surface area (Å²) in [5.41, 5.74) is 6.19. The molecular formula is C21H32N4O4. The van der Waals surface area contributed by atoms with E-state index < -0.39 is 17.9 Å². The zero-order valence-electron chi connectivity index (χ0n) is 16.8. The molecule has 0 spiro atoms. The number of hydrogen-bond acceptors (Lipinski definition) is 5. The molecule has 29 heavy (non-hydrogen) atoms. The Morgan fingerprint density at radius 1 is 1.17 bits per heavy atom. The van der Waals surface area contributed by atoms with Crippen LogP contribution in [-0.4, -0.2) is 48.5 Å². The van der Waals surface area contributed by atoms with Crippen molar-refractivity contribution < 1.29 is 19.5 Å². The first-order valence-electron chi connectivity index (χ1n) is 10.3. The number of phenols is 1. The molecule has 1 saturated heterocycles. The van der Waals surface area contributed by atoms with Gasteiger partial charge < -0.3 is 26.8 Å². The molecule has 160 valence electrons. The Morgan fingerprint density at radius 3 is 2.52 bits per heavy atom. The predicted molar refractivity (Wildman–Crippen MR) is 110 cm³/mol. The van der Waals surface area contributed by atoms with Gasteiger partial charge in [0.05, 0.1) is 6.42 Å². The standard InChI is InChI=1S/C21H32N4O4/c22-19(27)14-18(21(29)24-13-10-16-4-6-17(26)7-5-16)25-20(28)3-1-2-15-8-11-23-12-9-15/h4-7,15,18,23,26H,1-3,8-14H2,(H2,22,27)(H,24,29)(H,25,28)/t18-/m1/s1. The van der Waals surface area contributed by atoms with Gasteiger partial charge in [0.25, 0.3) is 0 Å². The topological polar surface area (TPSA) is 134 Å². The molecule has 1 heterocycles. The second-order valence-corrected chi connectivity index (χ2v) is 7.58. The first-order chi connectivity index (χ1) is 13.9. The van der Waals surface area contributed by atoms with Gasteiger partial charge in [-0.25, -0.2) is 0 Å². The third kappa shape index (κ3) is 8.95. The van der Waals surface area contributed by atoms with Crippen LogP contribution in [-0.2, 0) is 20.8 Å². The van der Waals surface area contributed by atoms with Gasteiger partial charge in [0.2, 0.25) is 17.7 Å². The lowest BCUT2D eigenvalue weighted by molar-refractivity contribution is -0.131. The molecule has 3 amide bonds. The number of primary amides is 1. The fourth-order valence-electron chi connectivity index (χ4n) is 3.51. The van der Waals surface area contributed by atoms with Crippen LogP contribution in [0.1, 0.15) is 44.1 Å². The van der Waals surface area contributed by atoms with Crippen molar-refractivity contribution in [3.63, 3.8) is 0 Å². The highest BCUT2D eigenvalue weighted by molar-refractivity contribution is 5.91. The Hall–Kier alpha value is -2.61. The van der Waals surface area contributed by atoms with Crippen LogP contribution in [0.25, 0.3) is 0 Å². The molecule has 1 atom stereocenters. The van der Waals surface area contributed by atoms with Crippen LogP contribution >= 0.6 is 0 Å². The van der Waals surface area contributed by atoms with E-state index in [0.29, 0.717) is 25.3 Å². The number of aromatic hydroxyl groups is 1. The Balaban J connectivity index is 1.73. The molecule has 0 saturated carbocycles. The second kappa shape index (κ2) is 12.1. The van der Waals surface area contributed by atoms with Crippen molar-refractivity contribution in [1.82, 2.24) is 16.0 Å². The zero-order chi connectivity index (χ0) is 21.1. The van der Waals surface area contributed by atoms with Crippen LogP contribution in [0.5, 0.6) is 5.75 Å². The van der Waals surface area contributed by atoms with Crippen molar-refractivity contribution in [2.75, 3.05) is 19.6 Å². The summed E-state index contributed by atoms with van der Waals surface area (Å²) in [6.45, 7) is 2.41. The zero-order valence-corrected chi connectivity index (χ0v) is 16.8. The Kier molecular flexibility index (Phi) is 9.43. The Morgan fingerprint density at radius 2 is 1.86 bits per heavy atom. The minimum atomic E-state index is -0.960. The van der Waals surface area contributed by atoms with Gasteiger partial charge in [0, 0.05) is 13.0 Å². The van der Waals surface area contributed by atoms with E-state index >= 15 is 0 Å². The minimum absolute atomic E-state index is 0.183. The molecule has 1 aliphatic heterocycles. The largest absolute Gasteiger partial charge is 0.508 e. The summed E-state index contributed by atoms with van der Waals surface area (Å²) in [6, 6.07) is 5.74. The average Bonchev–Trinajstić information content (AvgIpc) is 2.69. The van der Waals surface area contributed by atoms with Crippen molar-refractivity contribution in [2.45, 2.75) is 51.0 Å². The molecule has 0 aromatic heterocycles.